The summed E-state index contributed by atoms with van der Waals surface area (Å²) >= 11 is -0.270. The van der Waals surface area contributed by atoms with E-state index in [9.17, 15) is 0 Å². The van der Waals surface area contributed by atoms with Gasteiger partial charge in [-0.2, -0.15) is 0 Å². The van der Waals surface area contributed by atoms with E-state index in [0.29, 0.717) is 0 Å². The Morgan fingerprint density at radius 3 is 1.50 bits per heavy atom. The Kier molecular flexibility index (Phi) is 40.3. The third-order valence-corrected chi connectivity index (χ3v) is 0. The second kappa shape index (κ2) is 17.6. The minimum Gasteiger partial charge on any atom is 1.00 e. The van der Waals surface area contributed by atoms with Crippen LogP contribution in [0, 0.1) is 0 Å². The van der Waals surface area contributed by atoms with Gasteiger partial charge < -0.3 is 5.11 Å². The maximum Gasteiger partial charge on any atom is 1.00 e. The number of aliphatic hydroxyl groups is 1. The molecule has 0 aromatic heterocycles. The first-order valence-electron chi connectivity index (χ1n) is 1.59. The van der Waals surface area contributed by atoms with Crippen molar-refractivity contribution in [2.45, 2.75) is 12.4 Å². The quantitative estimate of drug-likeness (QED) is 0.254. The minimum atomic E-state index is -3.79. The van der Waals surface area contributed by atoms with Crippen molar-refractivity contribution >= 4 is 27.1 Å². The van der Waals surface area contributed by atoms with E-state index < -0.39 is 19.9 Å². The van der Waals surface area contributed by atoms with Gasteiger partial charge in [-0.1, -0.05) is 0 Å². The topological polar surface area (TPSA) is 83.4 Å². The number of rotatable bonds is 0. The molecule has 52 valence electrons. The molecule has 0 aliphatic heterocycles. The van der Waals surface area contributed by atoms with Gasteiger partial charge in [-0.3, -0.25) is 0 Å². The predicted octanol–water partition coefficient (Wildman–Crippen LogP) is -8.62. The van der Waals surface area contributed by atoms with E-state index in [1.807, 2.05) is 0 Å². The maximum atomic E-state index is 8.54. The SMILES string of the molecule is CC(O)S.O=[Se]([O-])[O-].[Na+].[Na+]. The van der Waals surface area contributed by atoms with Crippen molar-refractivity contribution in [1.29, 1.82) is 0 Å². The van der Waals surface area contributed by atoms with Crippen LogP contribution in [0.15, 0.2) is 0 Å². The molecule has 0 saturated heterocycles. The standard InChI is InChI=1S/C2H6OS.2Na.H2O3Se/c1-2(3)4;;;1-4(2)3/h2-4H,1H3;;;(H2,1,2,3)/q;2*+1;/p-2. The average Bonchev–Trinajstić information content (AvgIpc) is 1.25. The van der Waals surface area contributed by atoms with Gasteiger partial charge in [0.25, 0.3) is 0 Å². The summed E-state index contributed by atoms with van der Waals surface area (Å²) in [5.41, 5.74) is -0.472. The summed E-state index contributed by atoms with van der Waals surface area (Å²) in [5, 5.41) is 7.92. The molecule has 4 nitrogen and oxygen atoms in total. The van der Waals surface area contributed by atoms with Crippen LogP contribution in [0.3, 0.4) is 0 Å². The summed E-state index contributed by atoms with van der Waals surface area (Å²) in [6, 6.07) is 0. The van der Waals surface area contributed by atoms with Crippen molar-refractivity contribution in [2.24, 2.45) is 0 Å². The number of hydrogen-bond acceptors (Lipinski definition) is 5. The van der Waals surface area contributed by atoms with Crippen molar-refractivity contribution < 1.29 is 76.4 Å². The second-order valence-corrected chi connectivity index (χ2v) is 2.44. The fraction of sp³-hybridized carbons (Fsp3) is 1.00. The number of hydrogen-bond donors (Lipinski definition) is 2. The van der Waals surface area contributed by atoms with Gasteiger partial charge in [-0.25, -0.2) is 0 Å². The van der Waals surface area contributed by atoms with E-state index >= 15 is 0 Å². The van der Waals surface area contributed by atoms with E-state index in [1.54, 1.807) is 6.92 Å². The molecular formula is C2H6Na2O4SSe. The van der Waals surface area contributed by atoms with Crippen LogP contribution in [-0.4, -0.2) is 25.0 Å². The fourth-order valence-electron chi connectivity index (χ4n) is 0. The molecule has 0 rings (SSSR count). The molecule has 0 bridgehead atoms. The monoisotopic (exact) mass is 252 g/mol. The Balaban J connectivity index is -0.0000000300. The Labute approximate surface area is 114 Å². The molecular weight excluding hydrogens is 245 g/mol. The molecule has 0 radical (unpaired) electrons. The zero-order valence-corrected chi connectivity index (χ0v) is 12.7. The average molecular weight is 251 g/mol. The van der Waals surface area contributed by atoms with Crippen LogP contribution in [0.1, 0.15) is 6.92 Å². The first-order valence-corrected chi connectivity index (χ1v) is 4.21. The Morgan fingerprint density at radius 2 is 1.50 bits per heavy atom. The molecule has 0 amide bonds. The van der Waals surface area contributed by atoms with E-state index in [0.717, 1.165) is 0 Å². The second-order valence-electron chi connectivity index (χ2n) is 0.836. The van der Waals surface area contributed by atoms with Gasteiger partial charge in [0.05, 0.1) is 5.44 Å². The third kappa shape index (κ3) is 148. The van der Waals surface area contributed by atoms with E-state index in [1.165, 1.54) is 0 Å². The van der Waals surface area contributed by atoms with Crippen molar-refractivity contribution in [3.05, 3.63) is 0 Å². The van der Waals surface area contributed by atoms with Crippen LogP contribution in [0.4, 0.5) is 0 Å². The van der Waals surface area contributed by atoms with Gasteiger partial charge in [0.2, 0.25) is 0 Å². The molecule has 0 aromatic carbocycles. The predicted molar refractivity (Wildman–Crippen MR) is 27.1 cm³/mol. The molecule has 0 fully saturated rings. The van der Waals surface area contributed by atoms with Gasteiger partial charge in [0.15, 0.2) is 0 Å². The van der Waals surface area contributed by atoms with E-state index in [-0.39, 0.29) is 59.1 Å². The van der Waals surface area contributed by atoms with Crippen molar-refractivity contribution in [2.75, 3.05) is 0 Å². The summed E-state index contributed by atoms with van der Waals surface area (Å²) in [4.78, 5) is 0. The van der Waals surface area contributed by atoms with Gasteiger partial charge in [-0.05, 0) is 6.92 Å². The summed E-state index contributed by atoms with van der Waals surface area (Å²) in [6.45, 7) is 1.59. The zero-order chi connectivity index (χ0) is 7.15. The van der Waals surface area contributed by atoms with Gasteiger partial charge >= 0.3 is 85.8 Å². The Morgan fingerprint density at radius 1 is 1.50 bits per heavy atom. The van der Waals surface area contributed by atoms with Gasteiger partial charge in [0, 0.05) is 0 Å². The Hall–Kier alpha value is 2.55. The fourth-order valence-corrected chi connectivity index (χ4v) is 0. The molecule has 0 aliphatic carbocycles. The van der Waals surface area contributed by atoms with Crippen molar-refractivity contribution in [3.8, 4) is 0 Å². The van der Waals surface area contributed by atoms with Gasteiger partial charge in [0.1, 0.15) is 0 Å². The van der Waals surface area contributed by atoms with Crippen LogP contribution < -0.4 is 67.5 Å². The van der Waals surface area contributed by atoms with Crippen LogP contribution in [-0.2, 0) is 3.83 Å². The largest absolute Gasteiger partial charge is 1.00 e. The molecule has 10 heavy (non-hydrogen) atoms. The summed E-state index contributed by atoms with van der Waals surface area (Å²) in [7, 11) is 0. The van der Waals surface area contributed by atoms with Crippen LogP contribution in [0.5, 0.6) is 0 Å². The molecule has 1 N–H and O–H groups in total. The molecule has 0 saturated carbocycles. The zero-order valence-electron chi connectivity index (χ0n) is 6.10. The smallest absolute Gasteiger partial charge is 1.00 e. The van der Waals surface area contributed by atoms with E-state index in [2.05, 4.69) is 12.6 Å². The van der Waals surface area contributed by atoms with Crippen LogP contribution in [0.25, 0.3) is 0 Å². The van der Waals surface area contributed by atoms with Gasteiger partial charge in [-0.15, -0.1) is 12.6 Å². The first-order chi connectivity index (χ1) is 3.46. The molecule has 1 atom stereocenters. The van der Waals surface area contributed by atoms with Crippen LogP contribution >= 0.6 is 12.6 Å². The normalized spacial score (nSPS) is 9.80. The van der Waals surface area contributed by atoms with Crippen LogP contribution in [0.2, 0.25) is 0 Å². The van der Waals surface area contributed by atoms with Crippen molar-refractivity contribution in [3.63, 3.8) is 0 Å². The Bertz CT molecular complexity index is 65.5. The third-order valence-electron chi connectivity index (χ3n) is 0. The number of thiol groups is 1. The molecule has 0 heterocycles. The molecule has 0 aromatic rings. The first kappa shape index (κ1) is 22.9. The minimum absolute atomic E-state index is 0. The summed E-state index contributed by atoms with van der Waals surface area (Å²) < 4.78 is 25.6. The van der Waals surface area contributed by atoms with E-state index in [4.69, 9.17) is 17.3 Å². The summed E-state index contributed by atoms with van der Waals surface area (Å²) in [6.07, 6.45) is 0. The molecule has 0 spiro atoms. The van der Waals surface area contributed by atoms with Crippen molar-refractivity contribution in [1.82, 2.24) is 0 Å². The number of aliphatic hydroxyl groups excluding tert-OH is 1. The maximum absolute atomic E-state index is 8.54. The molecule has 8 heteroatoms. The summed E-state index contributed by atoms with van der Waals surface area (Å²) in [5.74, 6) is 0. The molecule has 0 aliphatic rings. The molecule has 1 unspecified atom stereocenters.